The molecule has 30 heteroatoms. The van der Waals surface area contributed by atoms with E-state index in [0.29, 0.717) is 19.3 Å². The topological polar surface area (TPSA) is 413 Å². The quantitative estimate of drug-likeness (QED) is 0.0366. The van der Waals surface area contributed by atoms with Crippen LogP contribution in [0.5, 0.6) is 0 Å². The van der Waals surface area contributed by atoms with Crippen LogP contribution in [0.15, 0.2) is 30.3 Å². The van der Waals surface area contributed by atoms with E-state index in [1.54, 1.807) is 55.5 Å². The minimum Gasteiger partial charge on any atom is -0.458 e. The average Bonchev–Trinajstić information content (AvgIpc) is 3.36. The number of ether oxygens (including phenoxy) is 1. The molecule has 2 rings (SSSR count). The normalized spacial score (nSPS) is 21.0. The lowest BCUT2D eigenvalue weighted by atomic mass is 9.94. The molecule has 1 aliphatic heterocycles. The number of likely N-dealkylation sites (N-methyl/N-ethyl adjacent to an activating group) is 1. The van der Waals surface area contributed by atoms with Gasteiger partial charge in [0.15, 0.2) is 0 Å². The first kappa shape index (κ1) is 76.6. The van der Waals surface area contributed by atoms with Crippen molar-refractivity contribution >= 4 is 70.9 Å². The van der Waals surface area contributed by atoms with Gasteiger partial charge >= 0.3 is 12.1 Å². The van der Waals surface area contributed by atoms with Crippen molar-refractivity contribution in [3.05, 3.63) is 35.9 Å². The maximum Gasteiger partial charge on any atom is 0.389 e. The highest BCUT2D eigenvalue weighted by Crippen LogP contribution is 2.23. The van der Waals surface area contributed by atoms with Crippen molar-refractivity contribution in [1.82, 2.24) is 58.5 Å². The summed E-state index contributed by atoms with van der Waals surface area (Å²) in [6.45, 7) is 12.0. The maximum atomic E-state index is 14.4. The number of alkyl halides is 3. The van der Waals surface area contributed by atoms with E-state index in [4.69, 9.17) is 10.5 Å². The van der Waals surface area contributed by atoms with Gasteiger partial charge in [-0.1, -0.05) is 111 Å². The predicted octanol–water partition coefficient (Wildman–Crippen LogP) is -1.06. The molecule has 0 radical (unpaired) electrons. The van der Waals surface area contributed by atoms with Gasteiger partial charge in [-0.15, -0.1) is 0 Å². The summed E-state index contributed by atoms with van der Waals surface area (Å²) in [5, 5.41) is 48.3. The van der Waals surface area contributed by atoms with Gasteiger partial charge in [-0.3, -0.25) is 52.7 Å². The van der Waals surface area contributed by atoms with Gasteiger partial charge in [0.05, 0.1) is 19.3 Å². The van der Waals surface area contributed by atoms with Gasteiger partial charge in [0.25, 0.3) is 0 Å². The SMILES string of the molecule is CCCCC1NC(=O)C(CCCC(F)(F)F)NC(=O)[C@H](C)NC(=O)[C@H](NC(=O)[C@H](CO)NC(=O)[C@@H](NC(=O)[C@H](NC(=O)[C@@H](CCC(N)=O)NC(=O)[C@H](CO)NC(=O)[C@@H](NC(=O)[C@@H](Cc2ccccc2)NC)[C@@H](C)CC)[C@@H](C)CC)[C@@H](C)CC)[C@H](C)OC1=O. The van der Waals surface area contributed by atoms with Gasteiger partial charge < -0.3 is 79.2 Å². The van der Waals surface area contributed by atoms with Crippen LogP contribution in [0.2, 0.25) is 0 Å². The summed E-state index contributed by atoms with van der Waals surface area (Å²) in [6.07, 6.45) is -7.43. The van der Waals surface area contributed by atoms with E-state index in [2.05, 4.69) is 58.5 Å². The van der Waals surface area contributed by atoms with E-state index in [-0.39, 0.29) is 25.7 Å². The Hall–Kier alpha value is -7.47. The molecule has 15 N–H and O–H groups in total. The van der Waals surface area contributed by atoms with Crippen molar-refractivity contribution in [3.8, 4) is 0 Å². The molecule has 0 aromatic heterocycles. The van der Waals surface area contributed by atoms with Gasteiger partial charge in [0, 0.05) is 12.8 Å². The number of halogens is 3. The van der Waals surface area contributed by atoms with Crippen LogP contribution >= 0.6 is 0 Å². The van der Waals surface area contributed by atoms with E-state index in [1.165, 1.54) is 13.8 Å². The number of unbranched alkanes of at least 4 members (excludes halogenated alkanes) is 1. The number of rotatable bonds is 34. The second kappa shape index (κ2) is 38.1. The van der Waals surface area contributed by atoms with Crippen LogP contribution in [0, 0.1) is 17.8 Å². The van der Waals surface area contributed by atoms with Crippen molar-refractivity contribution < 1.29 is 85.7 Å². The number of nitrogens with two attached hydrogens (primary N) is 1. The molecule has 496 valence electrons. The summed E-state index contributed by atoms with van der Waals surface area (Å²) < 4.78 is 44.8. The number of aliphatic hydroxyl groups is 2. The number of esters is 1. The summed E-state index contributed by atoms with van der Waals surface area (Å²) in [6, 6.07) is -7.34. The summed E-state index contributed by atoms with van der Waals surface area (Å²) in [4.78, 5) is 164. The largest absolute Gasteiger partial charge is 0.458 e. The smallest absolute Gasteiger partial charge is 0.389 e. The Kier molecular flexibility index (Phi) is 33.1. The Morgan fingerprint density at radius 3 is 1.53 bits per heavy atom. The van der Waals surface area contributed by atoms with Crippen molar-refractivity contribution in [3.63, 3.8) is 0 Å². The van der Waals surface area contributed by atoms with E-state index < -0.39 is 213 Å². The number of carbonyl (C=O) groups is 12. The molecule has 27 nitrogen and oxygen atoms in total. The van der Waals surface area contributed by atoms with Crippen LogP contribution in [0.4, 0.5) is 13.2 Å². The molecule has 1 aromatic carbocycles. The lowest BCUT2D eigenvalue weighted by Gasteiger charge is -2.31. The second-order valence-corrected chi connectivity index (χ2v) is 22.3. The number of hydrogen-bond acceptors (Lipinski definition) is 16. The number of nitrogens with one attached hydrogen (secondary N) is 11. The standard InChI is InChI=1S/C58H93F3N12O15/c1-11-15-22-38-57(87)88-34(9)46(56(86)64-33(8)47(77)65-36(48(78)67-38)23-19-26-58(59,60)61)73-52(82)41(29-75)69-54(84)44(31(6)13-3)72-55(85)45(32(7)14-4)70-49(79)37(24-25-42(62)76)66-51(81)40(28-74)68-53(83)43(30(5)12-2)71-50(80)39(63-10)27-35-20-17-16-18-21-35/h16-18,20-21,30-34,36-41,43-46,63,74-75H,11-15,19,22-29H2,1-10H3,(H2,62,76)(H,64,86)(H,65,77)(H,66,81)(H,67,78)(H,68,83)(H,69,84)(H,70,79)(H,71,80)(H,72,85)(H,73,82)/t30-,31-,32-,33-,34-,36?,37+,38?,39+,40-,41-,43-,44-,45+,46+/m0/s1. The van der Waals surface area contributed by atoms with E-state index >= 15 is 0 Å². The van der Waals surface area contributed by atoms with Gasteiger partial charge in [-0.05, 0) is 76.3 Å². The highest BCUT2D eigenvalue weighted by atomic mass is 19.4. The van der Waals surface area contributed by atoms with Crippen molar-refractivity contribution in [2.75, 3.05) is 20.3 Å². The van der Waals surface area contributed by atoms with Gasteiger partial charge in [-0.2, -0.15) is 13.2 Å². The van der Waals surface area contributed by atoms with Gasteiger partial charge in [0.1, 0.15) is 66.5 Å². The summed E-state index contributed by atoms with van der Waals surface area (Å²) in [7, 11) is 1.59. The molecule has 1 saturated heterocycles. The molecular formula is C58H93F3N12O15. The third-order valence-corrected chi connectivity index (χ3v) is 15.4. The summed E-state index contributed by atoms with van der Waals surface area (Å²) >= 11 is 0. The Balaban J connectivity index is 2.40. The molecule has 1 aromatic rings. The summed E-state index contributed by atoms with van der Waals surface area (Å²) in [5.74, 6) is -13.7. The first-order chi connectivity index (χ1) is 41.4. The molecule has 1 aliphatic rings. The molecule has 15 atom stereocenters. The zero-order valence-electron chi connectivity index (χ0n) is 51.9. The molecule has 1 heterocycles. The molecular weight excluding hydrogens is 1160 g/mol. The third kappa shape index (κ3) is 25.3. The number of carbonyl (C=O) groups excluding carboxylic acids is 12. The lowest BCUT2D eigenvalue weighted by molar-refractivity contribution is -0.156. The van der Waals surface area contributed by atoms with Gasteiger partial charge in [0.2, 0.25) is 65.0 Å². The van der Waals surface area contributed by atoms with Crippen LogP contribution < -0.4 is 64.2 Å². The molecule has 0 bridgehead atoms. The molecule has 11 amide bonds. The molecule has 1 fully saturated rings. The average molecular weight is 1260 g/mol. The van der Waals surface area contributed by atoms with Crippen molar-refractivity contribution in [2.24, 2.45) is 23.5 Å². The first-order valence-electron chi connectivity index (χ1n) is 29.9. The number of primary amides is 1. The lowest BCUT2D eigenvalue weighted by Crippen LogP contribution is -2.63. The number of cyclic esters (lactones) is 1. The van der Waals surface area contributed by atoms with Crippen LogP contribution in [-0.4, -0.2) is 180 Å². The fourth-order valence-electron chi connectivity index (χ4n) is 9.12. The molecule has 88 heavy (non-hydrogen) atoms. The minimum absolute atomic E-state index is 0.0315. The Labute approximate surface area is 511 Å². The second-order valence-electron chi connectivity index (χ2n) is 22.3. The van der Waals surface area contributed by atoms with E-state index in [9.17, 15) is 80.9 Å². The number of hydrogen-bond donors (Lipinski definition) is 14. The number of amides is 11. The highest BCUT2D eigenvalue weighted by molar-refractivity contribution is 5.99. The molecule has 0 saturated carbocycles. The van der Waals surface area contributed by atoms with Crippen LogP contribution in [0.3, 0.4) is 0 Å². The molecule has 2 unspecified atom stereocenters. The van der Waals surface area contributed by atoms with Crippen LogP contribution in [-0.2, 0) is 68.7 Å². The highest BCUT2D eigenvalue weighted by Gasteiger charge is 2.41. The zero-order valence-corrected chi connectivity index (χ0v) is 51.9. The Morgan fingerprint density at radius 1 is 0.602 bits per heavy atom. The number of benzene rings is 1. The van der Waals surface area contributed by atoms with E-state index in [1.807, 2.05) is 30.3 Å². The van der Waals surface area contributed by atoms with Crippen LogP contribution in [0.1, 0.15) is 139 Å². The molecule has 0 aliphatic carbocycles. The van der Waals surface area contributed by atoms with Crippen LogP contribution in [0.25, 0.3) is 0 Å². The van der Waals surface area contributed by atoms with Gasteiger partial charge in [-0.25, -0.2) is 4.79 Å². The Morgan fingerprint density at radius 2 is 1.06 bits per heavy atom. The maximum absolute atomic E-state index is 14.4. The predicted molar refractivity (Wildman–Crippen MR) is 314 cm³/mol. The molecule has 0 spiro atoms. The van der Waals surface area contributed by atoms with E-state index in [0.717, 1.165) is 5.56 Å². The minimum atomic E-state index is -4.58. The Bertz CT molecular complexity index is 2520. The number of aliphatic hydroxyl groups excluding tert-OH is 2. The van der Waals surface area contributed by atoms with Crippen molar-refractivity contribution in [1.29, 1.82) is 0 Å². The third-order valence-electron chi connectivity index (χ3n) is 15.4. The first-order valence-corrected chi connectivity index (χ1v) is 29.9. The zero-order chi connectivity index (χ0) is 66.6. The fraction of sp³-hybridized carbons (Fsp3) is 0.690. The monoisotopic (exact) mass is 1250 g/mol. The van der Waals surface area contributed by atoms with Crippen molar-refractivity contribution in [2.45, 2.75) is 218 Å². The fourth-order valence-corrected chi connectivity index (χ4v) is 9.12. The summed E-state index contributed by atoms with van der Waals surface area (Å²) in [5.41, 5.74) is 6.28.